The normalized spacial score (nSPS) is 20.5. The second kappa shape index (κ2) is 9.68. The van der Waals surface area contributed by atoms with E-state index in [0.29, 0.717) is 34.3 Å². The summed E-state index contributed by atoms with van der Waals surface area (Å²) < 4.78 is 47.2. The van der Waals surface area contributed by atoms with E-state index in [0.717, 1.165) is 75.4 Å². The molecule has 200 valence electrons. The molecule has 6 rings (SSSR count). The van der Waals surface area contributed by atoms with Gasteiger partial charge >= 0.3 is 6.18 Å². The van der Waals surface area contributed by atoms with Gasteiger partial charge in [0.2, 0.25) is 0 Å². The third kappa shape index (κ3) is 4.75. The number of alkyl halides is 3. The summed E-state index contributed by atoms with van der Waals surface area (Å²) in [6.45, 7) is 3.71. The van der Waals surface area contributed by atoms with Crippen molar-refractivity contribution < 1.29 is 17.9 Å². The minimum atomic E-state index is -4.46. The fraction of sp³-hybridized carbons (Fsp3) is 0.481. The number of anilines is 2. The number of halogens is 3. The summed E-state index contributed by atoms with van der Waals surface area (Å²) >= 11 is 0. The van der Waals surface area contributed by atoms with Crippen LogP contribution in [-0.2, 0) is 10.9 Å². The average molecular weight is 526 g/mol. The number of nitrogens with one attached hydrogen (secondary N) is 1. The van der Waals surface area contributed by atoms with E-state index in [1.165, 1.54) is 6.07 Å². The predicted molar refractivity (Wildman–Crippen MR) is 139 cm³/mol. The van der Waals surface area contributed by atoms with E-state index >= 15 is 0 Å². The molecule has 0 atom stereocenters. The fourth-order valence-corrected chi connectivity index (χ4v) is 5.50. The first-order chi connectivity index (χ1) is 18.3. The molecule has 2 fully saturated rings. The van der Waals surface area contributed by atoms with Gasteiger partial charge < -0.3 is 15.0 Å². The van der Waals surface area contributed by atoms with Gasteiger partial charge in [0.25, 0.3) is 0 Å². The number of fused-ring (bicyclic) bond motifs is 2. The van der Waals surface area contributed by atoms with Gasteiger partial charge in [-0.2, -0.15) is 22.8 Å². The van der Waals surface area contributed by atoms with Crippen molar-refractivity contribution in [3.05, 3.63) is 41.6 Å². The largest absolute Gasteiger partial charge is 0.416 e. The van der Waals surface area contributed by atoms with Gasteiger partial charge in [-0.15, -0.1) is 0 Å². The third-order valence-corrected chi connectivity index (χ3v) is 7.61. The molecule has 4 aromatic rings. The molecule has 0 unspecified atom stereocenters. The fourth-order valence-electron chi connectivity index (χ4n) is 5.50. The Morgan fingerprint density at radius 2 is 1.71 bits per heavy atom. The van der Waals surface area contributed by atoms with Crippen molar-refractivity contribution in [1.29, 1.82) is 0 Å². The summed E-state index contributed by atoms with van der Waals surface area (Å²) in [5, 5.41) is 8.49. The van der Waals surface area contributed by atoms with Crippen molar-refractivity contribution in [2.75, 3.05) is 30.4 Å². The van der Waals surface area contributed by atoms with Gasteiger partial charge in [0.05, 0.1) is 28.4 Å². The molecule has 11 heteroatoms. The van der Waals surface area contributed by atoms with E-state index in [9.17, 15) is 13.2 Å². The van der Waals surface area contributed by atoms with Crippen molar-refractivity contribution in [1.82, 2.24) is 24.6 Å². The van der Waals surface area contributed by atoms with E-state index in [-0.39, 0.29) is 11.6 Å². The summed E-state index contributed by atoms with van der Waals surface area (Å²) in [7, 11) is 1.76. The predicted octanol–water partition coefficient (Wildman–Crippen LogP) is 5.64. The van der Waals surface area contributed by atoms with Crippen LogP contribution in [0.4, 0.5) is 24.8 Å². The number of hydrogen-bond donors (Lipinski definition) is 1. The second-order valence-electron chi connectivity index (χ2n) is 10.2. The van der Waals surface area contributed by atoms with Gasteiger partial charge in [-0.05, 0) is 63.6 Å². The highest BCUT2D eigenvalue weighted by Gasteiger charge is 2.31. The Morgan fingerprint density at radius 3 is 2.42 bits per heavy atom. The Balaban J connectivity index is 1.41. The Hall–Kier alpha value is -3.47. The van der Waals surface area contributed by atoms with Crippen LogP contribution < -0.4 is 10.2 Å². The summed E-state index contributed by atoms with van der Waals surface area (Å²) in [4.78, 5) is 16.3. The maximum absolute atomic E-state index is 13.3. The molecule has 1 saturated heterocycles. The van der Waals surface area contributed by atoms with Gasteiger partial charge in [-0.1, -0.05) is 0 Å². The minimum absolute atomic E-state index is 0.177. The minimum Gasteiger partial charge on any atom is -0.381 e. The number of aromatic nitrogens is 5. The molecule has 4 heterocycles. The molecular weight excluding hydrogens is 495 g/mol. The highest BCUT2D eigenvalue weighted by atomic mass is 19.4. The lowest BCUT2D eigenvalue weighted by atomic mass is 9.93. The van der Waals surface area contributed by atoms with Crippen LogP contribution in [0.5, 0.6) is 0 Å². The maximum Gasteiger partial charge on any atom is 0.416 e. The van der Waals surface area contributed by atoms with Crippen LogP contribution >= 0.6 is 0 Å². The highest BCUT2D eigenvalue weighted by Crippen LogP contribution is 2.33. The van der Waals surface area contributed by atoms with Crippen LogP contribution in [0, 0.1) is 6.92 Å². The second-order valence-corrected chi connectivity index (χ2v) is 10.2. The standard InChI is InChI=1S/C27H30F3N7O/c1-16-26(33-21-13-17(27(28,29)30)5-10-20(21)31-16)22-14-24-34-23(36-11-3-4-12-36)15-25(37(24)35-22)32-18-6-8-19(38-2)9-7-18/h5,10,13-15,18-19,32H,3-4,6-9,11-12H2,1-2H3. The molecule has 0 amide bonds. The smallest absolute Gasteiger partial charge is 0.381 e. The number of benzene rings is 1. The number of methoxy groups -OCH3 is 1. The van der Waals surface area contributed by atoms with Gasteiger partial charge in [0.15, 0.2) is 5.65 Å². The molecule has 1 saturated carbocycles. The van der Waals surface area contributed by atoms with Gasteiger partial charge in [-0.25, -0.2) is 15.0 Å². The van der Waals surface area contributed by atoms with Gasteiger partial charge in [0.1, 0.15) is 23.0 Å². The lowest BCUT2D eigenvalue weighted by Gasteiger charge is -2.29. The van der Waals surface area contributed by atoms with E-state index < -0.39 is 11.7 Å². The monoisotopic (exact) mass is 525 g/mol. The lowest BCUT2D eigenvalue weighted by Crippen LogP contribution is -2.30. The molecule has 1 N–H and O–H groups in total. The average Bonchev–Trinajstić information content (AvgIpc) is 3.58. The zero-order chi connectivity index (χ0) is 26.4. The molecule has 0 spiro atoms. The Morgan fingerprint density at radius 1 is 0.947 bits per heavy atom. The molecule has 0 bridgehead atoms. The van der Waals surface area contributed by atoms with Gasteiger partial charge in [0, 0.05) is 38.4 Å². The SMILES string of the molecule is COC1CCC(Nc2cc(N3CCCC3)nc3cc(-c4nc5cc(C(F)(F)F)ccc5nc4C)nn23)CC1. The Labute approximate surface area is 218 Å². The molecule has 0 radical (unpaired) electrons. The van der Waals surface area contributed by atoms with Crippen molar-refractivity contribution >= 4 is 28.3 Å². The molecule has 8 nitrogen and oxygen atoms in total. The number of hydrogen-bond acceptors (Lipinski definition) is 7. The summed E-state index contributed by atoms with van der Waals surface area (Å²) in [6, 6.07) is 7.59. The number of nitrogens with zero attached hydrogens (tertiary/aromatic N) is 6. The van der Waals surface area contributed by atoms with Crippen molar-refractivity contribution in [3.8, 4) is 11.4 Å². The Kier molecular flexibility index (Phi) is 6.33. The van der Waals surface area contributed by atoms with E-state index in [1.807, 2.05) is 12.1 Å². The van der Waals surface area contributed by atoms with E-state index in [1.54, 1.807) is 18.5 Å². The summed E-state index contributed by atoms with van der Waals surface area (Å²) in [5.41, 5.74) is 2.04. The van der Waals surface area contributed by atoms with Crippen LogP contribution in [-0.4, -0.2) is 56.9 Å². The van der Waals surface area contributed by atoms with Crippen LogP contribution in [0.3, 0.4) is 0 Å². The number of aryl methyl sites for hydroxylation is 1. The molecule has 1 aliphatic carbocycles. The first-order valence-corrected chi connectivity index (χ1v) is 13.1. The quantitative estimate of drug-likeness (QED) is 0.361. The van der Waals surface area contributed by atoms with Crippen LogP contribution in [0.2, 0.25) is 0 Å². The molecular formula is C27H30F3N7O. The zero-order valence-corrected chi connectivity index (χ0v) is 21.4. The van der Waals surface area contributed by atoms with Crippen LogP contribution in [0.1, 0.15) is 49.8 Å². The lowest BCUT2D eigenvalue weighted by molar-refractivity contribution is -0.137. The molecule has 38 heavy (non-hydrogen) atoms. The highest BCUT2D eigenvalue weighted by molar-refractivity contribution is 5.79. The van der Waals surface area contributed by atoms with E-state index in [2.05, 4.69) is 20.2 Å². The third-order valence-electron chi connectivity index (χ3n) is 7.61. The first-order valence-electron chi connectivity index (χ1n) is 13.1. The molecule has 1 aliphatic heterocycles. The molecule has 3 aromatic heterocycles. The first kappa shape index (κ1) is 24.8. The number of ether oxygens (including phenoxy) is 1. The van der Waals surface area contributed by atoms with Crippen molar-refractivity contribution in [2.45, 2.75) is 63.8 Å². The zero-order valence-electron chi connectivity index (χ0n) is 21.4. The maximum atomic E-state index is 13.3. The van der Waals surface area contributed by atoms with Crippen LogP contribution in [0.25, 0.3) is 28.1 Å². The summed E-state index contributed by atoms with van der Waals surface area (Å²) in [5.74, 6) is 1.74. The van der Waals surface area contributed by atoms with Gasteiger partial charge in [-0.3, -0.25) is 0 Å². The summed E-state index contributed by atoms with van der Waals surface area (Å²) in [6.07, 6.45) is 2.09. The number of rotatable bonds is 5. The van der Waals surface area contributed by atoms with Crippen molar-refractivity contribution in [2.24, 2.45) is 0 Å². The Bertz CT molecular complexity index is 1470. The molecule has 1 aromatic carbocycles. The topological polar surface area (TPSA) is 80.5 Å². The van der Waals surface area contributed by atoms with Crippen LogP contribution in [0.15, 0.2) is 30.3 Å². The molecule has 2 aliphatic rings. The van der Waals surface area contributed by atoms with Crippen molar-refractivity contribution in [3.63, 3.8) is 0 Å². The van der Waals surface area contributed by atoms with E-state index in [4.69, 9.17) is 14.8 Å².